The molecule has 0 aliphatic rings. The number of hydrogen-bond acceptors (Lipinski definition) is 6. The van der Waals surface area contributed by atoms with Gasteiger partial charge < -0.3 is 9.47 Å². The molecule has 1 heterocycles. The molecular formula is C17H12FNO4S. The van der Waals surface area contributed by atoms with Crippen LogP contribution in [0.15, 0.2) is 41.9 Å². The molecule has 0 aliphatic carbocycles. The number of thiazole rings is 1. The summed E-state index contributed by atoms with van der Waals surface area (Å²) in [6.45, 7) is -0.467. The zero-order chi connectivity index (χ0) is 17.1. The second-order valence-corrected chi connectivity index (χ2v) is 5.77. The minimum Gasteiger partial charge on any atom is -0.494 e. The van der Waals surface area contributed by atoms with Crippen molar-refractivity contribution in [1.82, 2.24) is 4.98 Å². The number of Topliss-reactive ketones (excluding diaryl/α,β-unsaturated/α-hetero) is 1. The number of rotatable bonds is 5. The fourth-order valence-corrected chi connectivity index (χ4v) is 2.84. The Kier molecular flexibility index (Phi) is 4.52. The molecule has 0 unspecified atom stereocenters. The van der Waals surface area contributed by atoms with E-state index in [2.05, 4.69) is 4.98 Å². The lowest BCUT2D eigenvalue weighted by molar-refractivity contribution is 0.0475. The van der Waals surface area contributed by atoms with Crippen LogP contribution in [0.3, 0.4) is 0 Å². The van der Waals surface area contributed by atoms with Gasteiger partial charge in [-0.3, -0.25) is 4.79 Å². The van der Waals surface area contributed by atoms with E-state index in [0.717, 1.165) is 16.3 Å². The molecule has 0 saturated heterocycles. The highest BCUT2D eigenvalue weighted by atomic mass is 32.1. The Morgan fingerprint density at radius 1 is 1.17 bits per heavy atom. The molecule has 2 aromatic carbocycles. The van der Waals surface area contributed by atoms with Gasteiger partial charge in [-0.2, -0.15) is 0 Å². The number of ketones is 1. The molecule has 0 saturated carbocycles. The molecule has 3 aromatic rings. The van der Waals surface area contributed by atoms with Crippen molar-refractivity contribution in [3.63, 3.8) is 0 Å². The number of methoxy groups -OCH3 is 1. The fourth-order valence-electron chi connectivity index (χ4n) is 2.12. The van der Waals surface area contributed by atoms with Gasteiger partial charge >= 0.3 is 5.97 Å². The quantitative estimate of drug-likeness (QED) is 0.523. The van der Waals surface area contributed by atoms with Gasteiger partial charge in [0.1, 0.15) is 0 Å². The first kappa shape index (κ1) is 16.1. The number of esters is 1. The van der Waals surface area contributed by atoms with Crippen molar-refractivity contribution in [2.75, 3.05) is 13.7 Å². The topological polar surface area (TPSA) is 65.5 Å². The van der Waals surface area contributed by atoms with Crippen molar-refractivity contribution in [1.29, 1.82) is 0 Å². The maximum atomic E-state index is 13.6. The highest BCUT2D eigenvalue weighted by molar-refractivity contribution is 7.16. The van der Waals surface area contributed by atoms with Gasteiger partial charge in [-0.1, -0.05) is 0 Å². The summed E-state index contributed by atoms with van der Waals surface area (Å²) in [6.07, 6.45) is 0. The number of aromatic nitrogens is 1. The Morgan fingerprint density at radius 3 is 2.71 bits per heavy atom. The van der Waals surface area contributed by atoms with Gasteiger partial charge in [0, 0.05) is 5.56 Å². The standard InChI is InChI=1S/C17H12FNO4S/c1-22-15-5-3-10(6-12(15)18)14(20)8-23-17(21)11-2-4-13-16(7-11)24-9-19-13/h2-7,9H,8H2,1H3. The molecule has 0 spiro atoms. The van der Waals surface area contributed by atoms with Crippen molar-refractivity contribution in [3.05, 3.63) is 58.9 Å². The highest BCUT2D eigenvalue weighted by Crippen LogP contribution is 2.20. The van der Waals surface area contributed by atoms with Gasteiger partial charge in [0.05, 0.1) is 28.4 Å². The number of ether oxygens (including phenoxy) is 2. The van der Waals surface area contributed by atoms with Crippen LogP contribution >= 0.6 is 11.3 Å². The lowest BCUT2D eigenvalue weighted by atomic mass is 10.1. The monoisotopic (exact) mass is 345 g/mol. The van der Waals surface area contributed by atoms with Crippen LogP contribution in [0.4, 0.5) is 4.39 Å². The maximum absolute atomic E-state index is 13.6. The van der Waals surface area contributed by atoms with Crippen LogP contribution in [0.1, 0.15) is 20.7 Å². The van der Waals surface area contributed by atoms with E-state index in [1.54, 1.807) is 23.7 Å². The van der Waals surface area contributed by atoms with Gasteiger partial charge in [0.2, 0.25) is 0 Å². The molecule has 0 bridgehead atoms. The van der Waals surface area contributed by atoms with Crippen molar-refractivity contribution < 1.29 is 23.5 Å². The lowest BCUT2D eigenvalue weighted by Gasteiger charge is -2.06. The first-order chi connectivity index (χ1) is 11.6. The largest absolute Gasteiger partial charge is 0.494 e. The number of nitrogens with zero attached hydrogens (tertiary/aromatic N) is 1. The third-order valence-electron chi connectivity index (χ3n) is 3.38. The number of carbonyl (C=O) groups excluding carboxylic acids is 2. The maximum Gasteiger partial charge on any atom is 0.338 e. The van der Waals surface area contributed by atoms with E-state index in [1.807, 2.05) is 0 Å². The van der Waals surface area contributed by atoms with Crippen LogP contribution in [0.5, 0.6) is 5.75 Å². The highest BCUT2D eigenvalue weighted by Gasteiger charge is 2.14. The molecule has 7 heteroatoms. The van der Waals surface area contributed by atoms with Crippen LogP contribution in [0, 0.1) is 5.82 Å². The fraction of sp³-hybridized carbons (Fsp3) is 0.118. The number of hydrogen-bond donors (Lipinski definition) is 0. The minimum atomic E-state index is -0.648. The van der Waals surface area contributed by atoms with Crippen molar-refractivity contribution >= 4 is 33.3 Å². The summed E-state index contributed by atoms with van der Waals surface area (Å²) in [5, 5.41) is 0. The minimum absolute atomic E-state index is 0.0430. The summed E-state index contributed by atoms with van der Waals surface area (Å²) < 4.78 is 24.3. The molecule has 0 radical (unpaired) electrons. The SMILES string of the molecule is COc1ccc(C(=O)COC(=O)c2ccc3ncsc3c2)cc1F. The van der Waals surface area contributed by atoms with Gasteiger partial charge in [-0.15, -0.1) is 11.3 Å². The average Bonchev–Trinajstić information content (AvgIpc) is 3.06. The summed E-state index contributed by atoms with van der Waals surface area (Å²) >= 11 is 1.41. The van der Waals surface area contributed by atoms with E-state index in [0.29, 0.717) is 5.56 Å². The molecule has 1 aromatic heterocycles. The second-order valence-electron chi connectivity index (χ2n) is 4.88. The van der Waals surface area contributed by atoms with Gasteiger partial charge in [-0.25, -0.2) is 14.2 Å². The van der Waals surface area contributed by atoms with E-state index >= 15 is 0 Å². The Labute approximate surface area is 140 Å². The predicted octanol–water partition coefficient (Wildman–Crippen LogP) is 3.48. The normalized spacial score (nSPS) is 10.6. The zero-order valence-electron chi connectivity index (χ0n) is 12.6. The second kappa shape index (κ2) is 6.76. The zero-order valence-corrected chi connectivity index (χ0v) is 13.4. The van der Waals surface area contributed by atoms with E-state index in [-0.39, 0.29) is 11.3 Å². The molecule has 0 aliphatic heterocycles. The number of halogens is 1. The van der Waals surface area contributed by atoms with Crippen LogP contribution in [0.25, 0.3) is 10.2 Å². The Hall–Kier alpha value is -2.80. The Morgan fingerprint density at radius 2 is 1.96 bits per heavy atom. The third-order valence-corrected chi connectivity index (χ3v) is 4.17. The van der Waals surface area contributed by atoms with Crippen LogP contribution in [0.2, 0.25) is 0 Å². The van der Waals surface area contributed by atoms with Crippen molar-refractivity contribution in [2.24, 2.45) is 0 Å². The molecule has 0 N–H and O–H groups in total. The van der Waals surface area contributed by atoms with E-state index in [1.165, 1.54) is 30.6 Å². The van der Waals surface area contributed by atoms with Gasteiger partial charge in [0.15, 0.2) is 24.0 Å². The Balaban J connectivity index is 1.67. The van der Waals surface area contributed by atoms with E-state index in [4.69, 9.17) is 9.47 Å². The summed E-state index contributed by atoms with van der Waals surface area (Å²) in [4.78, 5) is 28.2. The average molecular weight is 345 g/mol. The lowest BCUT2D eigenvalue weighted by Crippen LogP contribution is -2.14. The molecule has 122 valence electrons. The van der Waals surface area contributed by atoms with Crippen LogP contribution in [-0.2, 0) is 4.74 Å². The third kappa shape index (κ3) is 3.26. The first-order valence-corrected chi connectivity index (χ1v) is 7.83. The predicted molar refractivity (Wildman–Crippen MR) is 87.2 cm³/mol. The summed E-state index contributed by atoms with van der Waals surface area (Å²) in [7, 11) is 1.33. The van der Waals surface area contributed by atoms with Crippen molar-refractivity contribution in [2.45, 2.75) is 0 Å². The molecule has 5 nitrogen and oxygen atoms in total. The molecule has 0 fully saturated rings. The van der Waals surface area contributed by atoms with Crippen LogP contribution in [-0.4, -0.2) is 30.5 Å². The molecule has 24 heavy (non-hydrogen) atoms. The summed E-state index contributed by atoms with van der Waals surface area (Å²) in [5.74, 6) is -1.72. The number of carbonyl (C=O) groups is 2. The van der Waals surface area contributed by atoms with Crippen LogP contribution < -0.4 is 4.74 Å². The molecular weight excluding hydrogens is 333 g/mol. The van der Waals surface area contributed by atoms with Crippen molar-refractivity contribution in [3.8, 4) is 5.75 Å². The van der Waals surface area contributed by atoms with E-state index < -0.39 is 24.2 Å². The Bertz CT molecular complexity index is 922. The van der Waals surface area contributed by atoms with E-state index in [9.17, 15) is 14.0 Å². The molecule has 0 amide bonds. The molecule has 3 rings (SSSR count). The number of fused-ring (bicyclic) bond motifs is 1. The number of benzene rings is 2. The first-order valence-electron chi connectivity index (χ1n) is 6.95. The summed E-state index contributed by atoms with van der Waals surface area (Å²) in [5.41, 5.74) is 2.92. The summed E-state index contributed by atoms with van der Waals surface area (Å²) in [6, 6.07) is 8.78. The van der Waals surface area contributed by atoms with Gasteiger partial charge in [0.25, 0.3) is 0 Å². The smallest absolute Gasteiger partial charge is 0.338 e. The molecule has 0 atom stereocenters. The van der Waals surface area contributed by atoms with Gasteiger partial charge in [-0.05, 0) is 36.4 Å².